The van der Waals surface area contributed by atoms with Crippen LogP contribution in [-0.4, -0.2) is 91.2 Å². The molecule has 4 amide bonds. The van der Waals surface area contributed by atoms with Crippen molar-refractivity contribution in [2.45, 2.75) is 115 Å². The number of sulfonamides is 1. The van der Waals surface area contributed by atoms with E-state index in [2.05, 4.69) is 16.6 Å². The van der Waals surface area contributed by atoms with Crippen molar-refractivity contribution >= 4 is 39.8 Å². The number of Topliss-reactive ketones (excluding diaryl/α,β-unsaturated/α-hetero) is 1. The van der Waals surface area contributed by atoms with Gasteiger partial charge in [-0.05, 0) is 67.9 Å². The molecule has 4 bridgehead atoms. The Hall–Kier alpha value is -4.14. The highest BCUT2D eigenvalue weighted by Crippen LogP contribution is 2.57. The van der Waals surface area contributed by atoms with E-state index in [1.54, 1.807) is 25.7 Å². The van der Waals surface area contributed by atoms with Gasteiger partial charge in [-0.15, -0.1) is 6.58 Å². The van der Waals surface area contributed by atoms with Gasteiger partial charge in [0.15, 0.2) is 5.78 Å². The van der Waals surface area contributed by atoms with Crippen LogP contribution in [0.15, 0.2) is 30.9 Å². The third-order valence-electron chi connectivity index (χ3n) is 10.8. The number of nitrogens with zero attached hydrogens (tertiary/aromatic N) is 2. The van der Waals surface area contributed by atoms with Gasteiger partial charge >= 0.3 is 12.2 Å². The van der Waals surface area contributed by atoms with Gasteiger partial charge in [-0.1, -0.05) is 39.0 Å². The summed E-state index contributed by atoms with van der Waals surface area (Å²) in [5.74, 6) is -1.53. The third kappa shape index (κ3) is 8.08. The standard InChI is InChI=1S/C37H50N4O10S/c1-5-24-18-37(24,33(44)39-52(47,48)26-13-14-26)19-29(42)28-17-25-21-41(28)32(43)31(36(2,3)4)38-34(45)50-16-9-7-6-8-15-49-30-12-10-11-23-20-40(22-27(23)30)35(46)51-25/h5,10-12,24-26,28,31H,1,6-9,13-22H2,2-4H3,(H,38,45)(H,39,44)/t24-,25+,28?,31+,37-/m0/s1. The minimum Gasteiger partial charge on any atom is -0.493 e. The average Bonchev–Trinajstić information content (AvgIpc) is 3.97. The number of fused-ring (bicyclic) bond motifs is 3. The molecule has 3 aliphatic heterocycles. The topological polar surface area (TPSA) is 178 Å². The van der Waals surface area contributed by atoms with Gasteiger partial charge in [0.05, 0.1) is 43.0 Å². The summed E-state index contributed by atoms with van der Waals surface area (Å²) < 4.78 is 45.0. The molecule has 0 spiro atoms. The summed E-state index contributed by atoms with van der Waals surface area (Å²) >= 11 is 0. The van der Waals surface area contributed by atoms with Gasteiger partial charge in [0, 0.05) is 24.9 Å². The van der Waals surface area contributed by atoms with Crippen molar-refractivity contribution in [3.05, 3.63) is 42.0 Å². The van der Waals surface area contributed by atoms with Crippen LogP contribution < -0.4 is 14.8 Å². The molecule has 5 aliphatic rings. The molecule has 2 N–H and O–H groups in total. The highest BCUT2D eigenvalue weighted by molar-refractivity contribution is 7.90. The van der Waals surface area contributed by atoms with Gasteiger partial charge in [-0.2, -0.15) is 0 Å². The van der Waals surface area contributed by atoms with Crippen LogP contribution in [0.4, 0.5) is 9.59 Å². The lowest BCUT2D eigenvalue weighted by Gasteiger charge is -2.35. The molecule has 3 heterocycles. The van der Waals surface area contributed by atoms with Crippen LogP contribution in [0.5, 0.6) is 5.75 Å². The number of carbonyl (C=O) groups excluding carboxylic acids is 5. The van der Waals surface area contributed by atoms with Crippen LogP contribution in [0.1, 0.15) is 89.7 Å². The van der Waals surface area contributed by atoms with Crippen LogP contribution in [-0.2, 0) is 47.0 Å². The molecule has 15 heteroatoms. The van der Waals surface area contributed by atoms with Crippen molar-refractivity contribution in [2.75, 3.05) is 19.8 Å². The van der Waals surface area contributed by atoms with E-state index in [4.69, 9.17) is 14.2 Å². The number of ether oxygens (including phenoxy) is 3. The fourth-order valence-corrected chi connectivity index (χ4v) is 8.88. The molecule has 1 aromatic carbocycles. The SMILES string of the molecule is C=C[C@H]1C[C@@]1(CC(=O)C1C[C@@H]2CN1C(=O)[C@H](C(C)(C)C)NC(=O)OCCCCCCOc1cccc3c1CN(C3)C(=O)O2)C(=O)NS(=O)(=O)C1CC1. The highest BCUT2D eigenvalue weighted by atomic mass is 32.2. The maximum absolute atomic E-state index is 14.4. The van der Waals surface area contributed by atoms with Gasteiger partial charge in [0.1, 0.15) is 17.9 Å². The Kier molecular flexibility index (Phi) is 10.6. The van der Waals surface area contributed by atoms with E-state index in [0.717, 1.165) is 30.4 Å². The number of carbonyl (C=O) groups is 5. The first kappa shape index (κ1) is 37.6. The molecule has 1 aromatic rings. The predicted octanol–water partition coefficient (Wildman–Crippen LogP) is 3.96. The van der Waals surface area contributed by atoms with Crippen molar-refractivity contribution in [1.29, 1.82) is 0 Å². The van der Waals surface area contributed by atoms with Crippen molar-refractivity contribution in [2.24, 2.45) is 16.7 Å². The third-order valence-corrected chi connectivity index (χ3v) is 12.7. The number of hydrogen-bond donors (Lipinski definition) is 2. The molecule has 6 rings (SSSR count). The van der Waals surface area contributed by atoms with E-state index in [0.29, 0.717) is 38.2 Å². The molecule has 3 fully saturated rings. The first-order chi connectivity index (χ1) is 24.6. The predicted molar refractivity (Wildman–Crippen MR) is 188 cm³/mol. The van der Waals surface area contributed by atoms with E-state index in [1.807, 2.05) is 18.2 Å². The lowest BCUT2D eigenvalue weighted by Crippen LogP contribution is -2.57. The first-order valence-electron chi connectivity index (χ1n) is 18.3. The molecule has 14 nitrogen and oxygen atoms in total. The fraction of sp³-hybridized carbons (Fsp3) is 0.649. The number of alkyl carbamates (subject to hydrolysis) is 1. The smallest absolute Gasteiger partial charge is 0.410 e. The summed E-state index contributed by atoms with van der Waals surface area (Å²) in [4.78, 5) is 71.6. The Morgan fingerprint density at radius 2 is 1.77 bits per heavy atom. The summed E-state index contributed by atoms with van der Waals surface area (Å²) in [6.45, 7) is 10.2. The van der Waals surface area contributed by atoms with E-state index in [-0.39, 0.29) is 39.0 Å². The summed E-state index contributed by atoms with van der Waals surface area (Å²) in [7, 11) is -3.87. The second-order valence-electron chi connectivity index (χ2n) is 15.9. The zero-order chi connectivity index (χ0) is 37.4. The second-order valence-corrected chi connectivity index (χ2v) is 17.8. The first-order valence-corrected chi connectivity index (χ1v) is 19.8. The molecule has 1 saturated heterocycles. The number of ketones is 1. The summed E-state index contributed by atoms with van der Waals surface area (Å²) in [5, 5.41) is 2.08. The van der Waals surface area contributed by atoms with E-state index < -0.39 is 80.0 Å². The van der Waals surface area contributed by atoms with E-state index in [1.165, 1.54) is 11.0 Å². The maximum Gasteiger partial charge on any atom is 0.410 e. The average molecular weight is 743 g/mol. The lowest BCUT2D eigenvalue weighted by atomic mass is 9.85. The van der Waals surface area contributed by atoms with E-state index >= 15 is 0 Å². The number of rotatable bonds is 7. The maximum atomic E-state index is 14.4. The molecule has 0 aromatic heterocycles. The number of cyclic esters (lactones) is 1. The molecule has 1 unspecified atom stereocenters. The zero-order valence-electron chi connectivity index (χ0n) is 30.2. The molecule has 5 atom stereocenters. The molecule has 2 aliphatic carbocycles. The van der Waals surface area contributed by atoms with Crippen molar-refractivity contribution < 1.29 is 46.6 Å². The van der Waals surface area contributed by atoms with Gasteiger partial charge in [-0.3, -0.25) is 24.0 Å². The molecule has 0 radical (unpaired) electrons. The highest BCUT2D eigenvalue weighted by Gasteiger charge is 2.61. The molecular formula is C37H50N4O10S. The summed E-state index contributed by atoms with van der Waals surface area (Å²) in [6.07, 6.45) is 3.17. The largest absolute Gasteiger partial charge is 0.493 e. The van der Waals surface area contributed by atoms with Crippen molar-refractivity contribution in [1.82, 2.24) is 19.8 Å². The number of allylic oxidation sites excluding steroid dienone is 1. The Morgan fingerprint density at radius 3 is 2.42 bits per heavy atom. The Morgan fingerprint density at radius 1 is 1.06 bits per heavy atom. The molecular weight excluding hydrogens is 692 g/mol. The molecule has 52 heavy (non-hydrogen) atoms. The van der Waals surface area contributed by atoms with Crippen LogP contribution >= 0.6 is 0 Å². The Labute approximate surface area is 305 Å². The molecule has 2 saturated carbocycles. The van der Waals surface area contributed by atoms with Gasteiger partial charge < -0.3 is 24.4 Å². The van der Waals surface area contributed by atoms with Crippen LogP contribution in [0.2, 0.25) is 0 Å². The van der Waals surface area contributed by atoms with Gasteiger partial charge in [0.25, 0.3) is 0 Å². The van der Waals surface area contributed by atoms with Crippen LogP contribution in [0.25, 0.3) is 0 Å². The summed E-state index contributed by atoms with van der Waals surface area (Å²) in [5.41, 5.74) is -0.294. The Balaban J connectivity index is 1.26. The van der Waals surface area contributed by atoms with E-state index in [9.17, 15) is 32.4 Å². The summed E-state index contributed by atoms with van der Waals surface area (Å²) in [6, 6.07) is 3.48. The monoisotopic (exact) mass is 742 g/mol. The van der Waals surface area contributed by atoms with Crippen LogP contribution in [0, 0.1) is 16.7 Å². The van der Waals surface area contributed by atoms with Crippen LogP contribution in [0.3, 0.4) is 0 Å². The number of nitrogens with one attached hydrogen (secondary N) is 2. The number of benzene rings is 1. The molecule has 284 valence electrons. The minimum atomic E-state index is -3.87. The zero-order valence-corrected chi connectivity index (χ0v) is 31.0. The van der Waals surface area contributed by atoms with Crippen molar-refractivity contribution in [3.8, 4) is 5.75 Å². The normalized spacial score (nSPS) is 28.8. The minimum absolute atomic E-state index is 0.0381. The fourth-order valence-electron chi connectivity index (χ4n) is 7.49. The lowest BCUT2D eigenvalue weighted by molar-refractivity contribution is -0.142. The number of hydrogen-bond acceptors (Lipinski definition) is 10. The van der Waals surface area contributed by atoms with Crippen molar-refractivity contribution in [3.63, 3.8) is 0 Å². The number of amides is 4. The second kappa shape index (κ2) is 14.7. The Bertz CT molecular complexity index is 1720. The quantitative estimate of drug-likeness (QED) is 0.389. The van der Waals surface area contributed by atoms with Gasteiger partial charge in [-0.25, -0.2) is 18.0 Å². The van der Waals surface area contributed by atoms with Gasteiger partial charge in [0.2, 0.25) is 21.8 Å².